The minimum absolute atomic E-state index is 0.283. The number of nitrogens with zero attached hydrogens (tertiary/aromatic N) is 1. The zero-order valence-corrected chi connectivity index (χ0v) is 14.5. The van der Waals surface area contributed by atoms with Crippen molar-refractivity contribution in [2.24, 2.45) is 0 Å². The Hall–Kier alpha value is -2.86. The van der Waals surface area contributed by atoms with E-state index < -0.39 is 5.97 Å². The summed E-state index contributed by atoms with van der Waals surface area (Å²) in [5.74, 6) is 0.439. The number of thiazole rings is 1. The third-order valence-corrected chi connectivity index (χ3v) is 4.48. The van der Waals surface area contributed by atoms with E-state index in [1.165, 1.54) is 0 Å². The summed E-state index contributed by atoms with van der Waals surface area (Å²) >= 11 is 1.14. The highest BCUT2D eigenvalue weighted by atomic mass is 32.1. The number of aryl methyl sites for hydroxylation is 1. The number of rotatable bonds is 7. The van der Waals surface area contributed by atoms with E-state index in [2.05, 4.69) is 10.3 Å². The summed E-state index contributed by atoms with van der Waals surface area (Å²) in [6.07, 6.45) is 1.49. The van der Waals surface area contributed by atoms with Crippen LogP contribution in [0.15, 0.2) is 54.6 Å². The molecule has 0 bridgehead atoms. The van der Waals surface area contributed by atoms with Crippen LogP contribution in [0.2, 0.25) is 0 Å². The normalized spacial score (nSPS) is 10.4. The zero-order valence-electron chi connectivity index (χ0n) is 13.7. The number of aromatic carboxylic acids is 1. The van der Waals surface area contributed by atoms with Crippen molar-refractivity contribution in [3.63, 3.8) is 0 Å². The van der Waals surface area contributed by atoms with Crippen LogP contribution < -0.4 is 10.1 Å². The molecule has 0 saturated carbocycles. The zero-order chi connectivity index (χ0) is 17.6. The Morgan fingerprint density at radius 3 is 2.60 bits per heavy atom. The van der Waals surface area contributed by atoms with Crippen molar-refractivity contribution < 1.29 is 14.6 Å². The fourth-order valence-corrected chi connectivity index (χ4v) is 3.23. The lowest BCUT2D eigenvalue weighted by atomic mass is 10.2. The molecule has 3 rings (SSSR count). The van der Waals surface area contributed by atoms with Crippen molar-refractivity contribution in [3.8, 4) is 11.5 Å². The number of hydrogen-bond donors (Lipinski definition) is 2. The molecule has 3 aromatic rings. The van der Waals surface area contributed by atoms with Gasteiger partial charge in [-0.3, -0.25) is 0 Å². The largest absolute Gasteiger partial charge is 0.477 e. The Balaban J connectivity index is 1.86. The van der Waals surface area contributed by atoms with Gasteiger partial charge in [-0.25, -0.2) is 9.78 Å². The number of carboxylic acid groups (broad SMARTS) is 1. The lowest BCUT2D eigenvalue weighted by Crippen LogP contribution is -1.98. The molecule has 0 aliphatic heterocycles. The second-order valence-electron chi connectivity index (χ2n) is 5.39. The highest BCUT2D eigenvalue weighted by Crippen LogP contribution is 2.33. The second-order valence-corrected chi connectivity index (χ2v) is 6.39. The number of ether oxygens (including phenoxy) is 1. The highest BCUT2D eigenvalue weighted by Gasteiger charge is 2.17. The molecule has 1 heterocycles. The van der Waals surface area contributed by atoms with Gasteiger partial charge in [0.25, 0.3) is 0 Å². The molecule has 0 atom stereocenters. The molecule has 0 aliphatic carbocycles. The van der Waals surface area contributed by atoms with Crippen molar-refractivity contribution in [3.05, 3.63) is 65.2 Å². The summed E-state index contributed by atoms with van der Waals surface area (Å²) in [6.45, 7) is 2.00. The van der Waals surface area contributed by atoms with Gasteiger partial charge in [-0.2, -0.15) is 0 Å². The van der Waals surface area contributed by atoms with Crippen molar-refractivity contribution in [2.75, 3.05) is 5.32 Å². The van der Waals surface area contributed by atoms with Crippen LogP contribution in [-0.2, 0) is 6.42 Å². The third kappa shape index (κ3) is 4.16. The van der Waals surface area contributed by atoms with Gasteiger partial charge in [0.2, 0.25) is 0 Å². The van der Waals surface area contributed by atoms with E-state index >= 15 is 0 Å². The molecule has 0 spiro atoms. The van der Waals surface area contributed by atoms with Crippen molar-refractivity contribution in [1.29, 1.82) is 0 Å². The van der Waals surface area contributed by atoms with E-state index in [0.29, 0.717) is 23.0 Å². The maximum Gasteiger partial charge on any atom is 0.347 e. The Labute approximate surface area is 149 Å². The van der Waals surface area contributed by atoms with Gasteiger partial charge >= 0.3 is 5.97 Å². The average Bonchev–Trinajstić information content (AvgIpc) is 3.01. The number of nitrogens with one attached hydrogen (secondary N) is 1. The van der Waals surface area contributed by atoms with E-state index in [4.69, 9.17) is 4.74 Å². The maximum absolute atomic E-state index is 11.4. The molecule has 0 amide bonds. The summed E-state index contributed by atoms with van der Waals surface area (Å²) in [5, 5.41) is 13.1. The fourth-order valence-electron chi connectivity index (χ4n) is 2.37. The van der Waals surface area contributed by atoms with E-state index in [9.17, 15) is 9.90 Å². The molecule has 25 heavy (non-hydrogen) atoms. The highest BCUT2D eigenvalue weighted by molar-refractivity contribution is 7.17. The van der Waals surface area contributed by atoms with Gasteiger partial charge < -0.3 is 15.2 Å². The van der Waals surface area contributed by atoms with E-state index in [-0.39, 0.29) is 4.88 Å². The first-order valence-electron chi connectivity index (χ1n) is 7.99. The number of hydrogen-bond acceptors (Lipinski definition) is 5. The van der Waals surface area contributed by atoms with Crippen molar-refractivity contribution >= 4 is 28.1 Å². The average molecular weight is 354 g/mol. The molecule has 0 aliphatic rings. The van der Waals surface area contributed by atoms with Crippen LogP contribution in [0.5, 0.6) is 11.5 Å². The van der Waals surface area contributed by atoms with Gasteiger partial charge in [0.15, 0.2) is 10.9 Å². The Morgan fingerprint density at radius 1 is 1.16 bits per heavy atom. The first-order valence-corrected chi connectivity index (χ1v) is 8.81. The van der Waals surface area contributed by atoms with Crippen LogP contribution in [0.3, 0.4) is 0 Å². The van der Waals surface area contributed by atoms with Gasteiger partial charge in [0, 0.05) is 0 Å². The van der Waals surface area contributed by atoms with Gasteiger partial charge in [-0.15, -0.1) is 0 Å². The lowest BCUT2D eigenvalue weighted by Gasteiger charge is -2.11. The Bertz CT molecular complexity index is 862. The lowest BCUT2D eigenvalue weighted by molar-refractivity contribution is 0.0700. The summed E-state index contributed by atoms with van der Waals surface area (Å²) in [7, 11) is 0. The summed E-state index contributed by atoms with van der Waals surface area (Å²) in [4.78, 5) is 16.1. The number of aromatic nitrogens is 1. The van der Waals surface area contributed by atoms with Crippen molar-refractivity contribution in [2.45, 2.75) is 19.8 Å². The van der Waals surface area contributed by atoms with Crippen LogP contribution in [0.4, 0.5) is 10.8 Å². The minimum atomic E-state index is -0.942. The predicted molar refractivity (Wildman–Crippen MR) is 99.3 cm³/mol. The van der Waals surface area contributed by atoms with E-state index in [1.54, 1.807) is 0 Å². The predicted octanol–water partition coefficient (Wildman–Crippen LogP) is 5.33. The summed E-state index contributed by atoms with van der Waals surface area (Å²) in [6, 6.07) is 17.0. The van der Waals surface area contributed by atoms with Gasteiger partial charge in [0.05, 0.1) is 11.4 Å². The van der Waals surface area contributed by atoms with Crippen molar-refractivity contribution in [1.82, 2.24) is 4.98 Å². The molecule has 5 nitrogen and oxygen atoms in total. The Morgan fingerprint density at radius 2 is 1.88 bits per heavy atom. The topological polar surface area (TPSA) is 71.5 Å². The van der Waals surface area contributed by atoms with Crippen LogP contribution >= 0.6 is 11.3 Å². The molecule has 0 unspecified atom stereocenters. The smallest absolute Gasteiger partial charge is 0.347 e. The van der Waals surface area contributed by atoms with E-state index in [1.807, 2.05) is 61.5 Å². The van der Waals surface area contributed by atoms with Crippen LogP contribution in [-0.4, -0.2) is 16.1 Å². The van der Waals surface area contributed by atoms with Crippen LogP contribution in [0.25, 0.3) is 0 Å². The fraction of sp³-hybridized carbons (Fsp3) is 0.158. The molecular formula is C19H18N2O3S. The number of para-hydroxylation sites is 3. The molecule has 0 fully saturated rings. The number of carboxylic acids is 1. The molecular weight excluding hydrogens is 336 g/mol. The van der Waals surface area contributed by atoms with Gasteiger partial charge in [0.1, 0.15) is 10.6 Å². The molecule has 0 radical (unpaired) electrons. The number of benzene rings is 2. The first-order chi connectivity index (χ1) is 12.2. The standard InChI is InChI=1S/C19H18N2O3S/c1-2-8-15-17(18(22)23)25-19(21-15)20-14-11-6-7-12-16(14)24-13-9-4-3-5-10-13/h3-7,9-12H,2,8H2,1H3,(H,20,21)(H,22,23). The second kappa shape index (κ2) is 7.81. The molecule has 2 N–H and O–H groups in total. The van der Waals surface area contributed by atoms with Gasteiger partial charge in [-0.1, -0.05) is 55.0 Å². The van der Waals surface area contributed by atoms with Crippen LogP contribution in [0, 0.1) is 0 Å². The minimum Gasteiger partial charge on any atom is -0.477 e. The van der Waals surface area contributed by atoms with Crippen LogP contribution in [0.1, 0.15) is 28.7 Å². The summed E-state index contributed by atoms with van der Waals surface area (Å²) in [5.41, 5.74) is 1.35. The molecule has 6 heteroatoms. The van der Waals surface area contributed by atoms with E-state index in [0.717, 1.165) is 29.2 Å². The molecule has 0 saturated heterocycles. The summed E-state index contributed by atoms with van der Waals surface area (Å²) < 4.78 is 5.91. The monoisotopic (exact) mass is 354 g/mol. The quantitative estimate of drug-likeness (QED) is 0.600. The maximum atomic E-state index is 11.4. The molecule has 2 aromatic carbocycles. The number of carbonyl (C=O) groups is 1. The molecule has 1 aromatic heterocycles. The SMILES string of the molecule is CCCc1nc(Nc2ccccc2Oc2ccccc2)sc1C(=O)O. The Kier molecular flexibility index (Phi) is 5.30. The molecule has 128 valence electrons. The number of anilines is 2. The van der Waals surface area contributed by atoms with Gasteiger partial charge in [-0.05, 0) is 30.7 Å². The first kappa shape index (κ1) is 17.0. The third-order valence-electron chi connectivity index (χ3n) is 3.48.